The SMILES string of the molecule is COc1c(S(N)(=O)=O)ccc(-c2cc3cc[nH]c(=O)c3c(Nc3ccc(N4CCOCC4)cc3)n2)c1C. The molecule has 192 valence electrons. The van der Waals surface area contributed by atoms with Crippen LogP contribution in [0.4, 0.5) is 17.2 Å². The molecule has 2 aromatic heterocycles. The van der Waals surface area contributed by atoms with Gasteiger partial charge in [0.15, 0.2) is 0 Å². The molecular weight excluding hydrogens is 494 g/mol. The van der Waals surface area contributed by atoms with Gasteiger partial charge in [0.1, 0.15) is 16.5 Å². The standard InChI is InChI=1S/C26H27N5O5S/c1-16-20(7-8-22(24(16)35-2)37(27,33)34)21-15-17-9-10-28-26(32)23(17)25(30-21)29-18-3-5-19(6-4-18)31-11-13-36-14-12-31/h3-10,15H,11-14H2,1-2H3,(H,28,32)(H,29,30)(H2,27,33,34). The second kappa shape index (κ2) is 9.85. The van der Waals surface area contributed by atoms with Gasteiger partial charge in [-0.25, -0.2) is 18.5 Å². The zero-order chi connectivity index (χ0) is 26.2. The van der Waals surface area contributed by atoms with Gasteiger partial charge < -0.3 is 24.7 Å². The number of pyridine rings is 2. The number of morpholine rings is 1. The number of aromatic nitrogens is 2. The summed E-state index contributed by atoms with van der Waals surface area (Å²) in [5, 5.41) is 9.75. The van der Waals surface area contributed by atoms with E-state index in [0.717, 1.165) is 24.5 Å². The van der Waals surface area contributed by atoms with Crippen molar-refractivity contribution in [1.82, 2.24) is 9.97 Å². The molecule has 37 heavy (non-hydrogen) atoms. The quantitative estimate of drug-likeness (QED) is 0.352. The minimum absolute atomic E-state index is 0.104. The van der Waals surface area contributed by atoms with Gasteiger partial charge in [-0.3, -0.25) is 4.79 Å². The number of nitrogens with one attached hydrogen (secondary N) is 2. The third-order valence-corrected chi connectivity index (χ3v) is 7.35. The fourth-order valence-electron chi connectivity index (χ4n) is 4.58. The number of aromatic amines is 1. The first-order valence-electron chi connectivity index (χ1n) is 11.7. The molecule has 0 saturated carbocycles. The van der Waals surface area contributed by atoms with Gasteiger partial charge >= 0.3 is 0 Å². The number of methoxy groups -OCH3 is 1. The van der Waals surface area contributed by atoms with Crippen molar-refractivity contribution < 1.29 is 17.9 Å². The highest BCUT2D eigenvalue weighted by Crippen LogP contribution is 2.36. The number of primary sulfonamides is 1. The van der Waals surface area contributed by atoms with Crippen molar-refractivity contribution in [2.75, 3.05) is 43.6 Å². The van der Waals surface area contributed by atoms with Crippen LogP contribution in [0.1, 0.15) is 5.56 Å². The summed E-state index contributed by atoms with van der Waals surface area (Å²) < 4.78 is 34.9. The number of nitrogens with zero attached hydrogens (tertiary/aromatic N) is 2. The molecule has 1 aliphatic rings. The Morgan fingerprint density at radius 3 is 2.51 bits per heavy atom. The zero-order valence-corrected chi connectivity index (χ0v) is 21.3. The van der Waals surface area contributed by atoms with Gasteiger partial charge in [0.25, 0.3) is 5.56 Å². The molecule has 0 unspecified atom stereocenters. The van der Waals surface area contributed by atoms with Crippen LogP contribution in [-0.4, -0.2) is 51.8 Å². The molecule has 0 aliphatic carbocycles. The molecular formula is C26H27N5O5S. The van der Waals surface area contributed by atoms with Crippen LogP contribution in [0.15, 0.2) is 64.4 Å². The van der Waals surface area contributed by atoms with Crippen LogP contribution in [0.3, 0.4) is 0 Å². The van der Waals surface area contributed by atoms with Crippen LogP contribution in [0.25, 0.3) is 22.0 Å². The maximum Gasteiger partial charge on any atom is 0.259 e. The highest BCUT2D eigenvalue weighted by atomic mass is 32.2. The predicted molar refractivity (Wildman–Crippen MR) is 143 cm³/mol. The number of ether oxygens (including phenoxy) is 2. The predicted octanol–water partition coefficient (Wildman–Crippen LogP) is 3.13. The van der Waals surface area contributed by atoms with Gasteiger partial charge in [0.05, 0.1) is 31.4 Å². The lowest BCUT2D eigenvalue weighted by Gasteiger charge is -2.28. The molecule has 0 spiro atoms. The Kier molecular flexibility index (Phi) is 6.59. The van der Waals surface area contributed by atoms with Crippen molar-refractivity contribution in [3.63, 3.8) is 0 Å². The third kappa shape index (κ3) is 4.88. The van der Waals surface area contributed by atoms with Gasteiger partial charge in [-0.1, -0.05) is 6.07 Å². The number of fused-ring (bicyclic) bond motifs is 1. The van der Waals surface area contributed by atoms with Crippen LogP contribution in [0.5, 0.6) is 5.75 Å². The second-order valence-electron chi connectivity index (χ2n) is 8.71. The molecule has 1 fully saturated rings. The molecule has 10 nitrogen and oxygen atoms in total. The summed E-state index contributed by atoms with van der Waals surface area (Å²) in [7, 11) is -2.59. The van der Waals surface area contributed by atoms with Gasteiger partial charge in [0, 0.05) is 41.8 Å². The van der Waals surface area contributed by atoms with E-state index in [4.69, 9.17) is 19.6 Å². The topological polar surface area (TPSA) is 140 Å². The molecule has 0 atom stereocenters. The Balaban J connectivity index is 1.58. The third-order valence-electron chi connectivity index (χ3n) is 6.42. The number of hydrogen-bond acceptors (Lipinski definition) is 8. The molecule has 2 aromatic carbocycles. The van der Waals surface area contributed by atoms with Crippen molar-refractivity contribution >= 4 is 38.0 Å². The average molecular weight is 522 g/mol. The monoisotopic (exact) mass is 521 g/mol. The van der Waals surface area contributed by atoms with E-state index < -0.39 is 10.0 Å². The smallest absolute Gasteiger partial charge is 0.259 e. The van der Waals surface area contributed by atoms with Crippen LogP contribution in [0, 0.1) is 6.92 Å². The number of nitrogens with two attached hydrogens (primary N) is 1. The van der Waals surface area contributed by atoms with Crippen molar-refractivity contribution in [3.05, 3.63) is 70.6 Å². The van der Waals surface area contributed by atoms with Crippen molar-refractivity contribution in [2.45, 2.75) is 11.8 Å². The van der Waals surface area contributed by atoms with Crippen LogP contribution >= 0.6 is 0 Å². The Bertz CT molecular complexity index is 1630. The van der Waals surface area contributed by atoms with Crippen molar-refractivity contribution in [1.29, 1.82) is 0 Å². The number of anilines is 3. The lowest BCUT2D eigenvalue weighted by atomic mass is 10.0. The molecule has 1 saturated heterocycles. The summed E-state index contributed by atoms with van der Waals surface area (Å²) in [6, 6.07) is 14.5. The lowest BCUT2D eigenvalue weighted by molar-refractivity contribution is 0.122. The fourth-order valence-corrected chi connectivity index (χ4v) is 5.33. The largest absolute Gasteiger partial charge is 0.495 e. The summed E-state index contributed by atoms with van der Waals surface area (Å²) >= 11 is 0. The Labute approximate surface area is 214 Å². The van der Waals surface area contributed by atoms with Gasteiger partial charge in [-0.05, 0) is 54.8 Å². The van der Waals surface area contributed by atoms with Crippen LogP contribution in [0.2, 0.25) is 0 Å². The molecule has 11 heteroatoms. The first-order valence-corrected chi connectivity index (χ1v) is 13.2. The first-order chi connectivity index (χ1) is 17.8. The molecule has 4 N–H and O–H groups in total. The summed E-state index contributed by atoms with van der Waals surface area (Å²) in [6.07, 6.45) is 1.58. The Morgan fingerprint density at radius 2 is 1.84 bits per heavy atom. The molecule has 0 amide bonds. The molecule has 0 radical (unpaired) electrons. The number of sulfonamides is 1. The van der Waals surface area contributed by atoms with Crippen LogP contribution < -0.4 is 25.7 Å². The molecule has 5 rings (SSSR count). The minimum atomic E-state index is -3.98. The minimum Gasteiger partial charge on any atom is -0.495 e. The summed E-state index contributed by atoms with van der Waals surface area (Å²) in [5.41, 5.74) is 3.34. The van der Waals surface area contributed by atoms with E-state index in [9.17, 15) is 13.2 Å². The van der Waals surface area contributed by atoms with Crippen LogP contribution in [-0.2, 0) is 14.8 Å². The number of hydrogen-bond donors (Lipinski definition) is 3. The number of H-pyrrole nitrogens is 1. The highest BCUT2D eigenvalue weighted by molar-refractivity contribution is 7.89. The van der Waals surface area contributed by atoms with Crippen molar-refractivity contribution in [3.8, 4) is 17.0 Å². The number of rotatable bonds is 6. The van der Waals surface area contributed by atoms with E-state index in [2.05, 4.69) is 15.2 Å². The molecule has 4 aromatic rings. The average Bonchev–Trinajstić information content (AvgIpc) is 2.88. The summed E-state index contributed by atoms with van der Waals surface area (Å²) in [5.74, 6) is 0.531. The van der Waals surface area contributed by atoms with Gasteiger partial charge in [0.2, 0.25) is 10.0 Å². The molecule has 3 heterocycles. The van der Waals surface area contributed by atoms with E-state index in [1.54, 1.807) is 31.3 Å². The normalized spacial score (nSPS) is 14.1. The molecule has 1 aliphatic heterocycles. The Morgan fingerprint density at radius 1 is 1.11 bits per heavy atom. The van der Waals surface area contributed by atoms with E-state index in [-0.39, 0.29) is 16.2 Å². The van der Waals surface area contributed by atoms with E-state index in [1.807, 2.05) is 24.3 Å². The molecule has 0 bridgehead atoms. The summed E-state index contributed by atoms with van der Waals surface area (Å²) in [6.45, 7) is 4.82. The van der Waals surface area contributed by atoms with E-state index in [0.29, 0.717) is 46.6 Å². The maximum absolute atomic E-state index is 12.8. The Hall–Kier alpha value is -3.93. The zero-order valence-electron chi connectivity index (χ0n) is 20.4. The fraction of sp³-hybridized carbons (Fsp3) is 0.231. The second-order valence-corrected chi connectivity index (χ2v) is 10.2. The maximum atomic E-state index is 12.8. The number of benzene rings is 2. The van der Waals surface area contributed by atoms with Gasteiger partial charge in [-0.2, -0.15) is 0 Å². The first kappa shape index (κ1) is 24.8. The summed E-state index contributed by atoms with van der Waals surface area (Å²) in [4.78, 5) is 22.4. The van der Waals surface area contributed by atoms with Crippen molar-refractivity contribution in [2.24, 2.45) is 5.14 Å². The van der Waals surface area contributed by atoms with E-state index >= 15 is 0 Å². The van der Waals surface area contributed by atoms with Gasteiger partial charge in [-0.15, -0.1) is 0 Å². The van der Waals surface area contributed by atoms with E-state index in [1.165, 1.54) is 13.2 Å². The highest BCUT2D eigenvalue weighted by Gasteiger charge is 2.21. The lowest BCUT2D eigenvalue weighted by Crippen LogP contribution is -2.36.